The Morgan fingerprint density at radius 1 is 1.07 bits per heavy atom. The molecule has 2 aromatic heterocycles. The number of anilines is 1. The first kappa shape index (κ1) is 18.1. The summed E-state index contributed by atoms with van der Waals surface area (Å²) < 4.78 is 2.05. The van der Waals surface area contributed by atoms with Crippen molar-refractivity contribution < 1.29 is 4.79 Å². The summed E-state index contributed by atoms with van der Waals surface area (Å²) in [5.41, 5.74) is 7.44. The van der Waals surface area contributed by atoms with Gasteiger partial charge in [-0.2, -0.15) is 0 Å². The van der Waals surface area contributed by atoms with Crippen molar-refractivity contribution in [3.63, 3.8) is 0 Å². The minimum atomic E-state index is 0.210. The van der Waals surface area contributed by atoms with Crippen LogP contribution in [-0.4, -0.2) is 41.3 Å². The van der Waals surface area contributed by atoms with Crippen LogP contribution in [0.5, 0.6) is 0 Å². The summed E-state index contributed by atoms with van der Waals surface area (Å²) in [6.45, 7) is 6.20. The minimum Gasteiger partial charge on any atom is -0.370 e. The monoisotopic (exact) mass is 386 g/mol. The average molecular weight is 386 g/mol. The number of aromatic nitrogens is 2. The minimum absolute atomic E-state index is 0.210. The second-order valence-electron chi connectivity index (χ2n) is 8.04. The van der Waals surface area contributed by atoms with Crippen molar-refractivity contribution >= 4 is 28.6 Å². The molecule has 148 valence electrons. The molecule has 1 aliphatic heterocycles. The highest BCUT2D eigenvalue weighted by atomic mass is 16.1. The highest BCUT2D eigenvalue weighted by molar-refractivity contribution is 6.26. The van der Waals surface area contributed by atoms with Gasteiger partial charge in [0.15, 0.2) is 5.78 Å². The number of rotatable bonds is 2. The number of carbonyl (C=O) groups excluding carboxylic acids is 1. The molecule has 0 spiro atoms. The second-order valence-corrected chi connectivity index (χ2v) is 8.04. The fourth-order valence-corrected chi connectivity index (χ4v) is 4.37. The number of hydrogen-bond donors (Lipinski definition) is 1. The van der Waals surface area contributed by atoms with E-state index in [9.17, 15) is 4.79 Å². The van der Waals surface area contributed by atoms with Crippen molar-refractivity contribution in [1.82, 2.24) is 14.7 Å². The predicted octanol–water partition coefficient (Wildman–Crippen LogP) is 3.50. The molecular weight excluding hydrogens is 360 g/mol. The molecule has 2 aliphatic rings. The molecule has 29 heavy (non-hydrogen) atoms. The Labute approximate surface area is 171 Å². The van der Waals surface area contributed by atoms with E-state index in [1.807, 2.05) is 29.9 Å². The number of fused-ring (bicyclic) bond motifs is 2. The molecule has 3 heterocycles. The third kappa shape index (κ3) is 3.58. The SMILES string of the molecule is Cc1cn2cc(C3=Cc4ccc(N5CCCNCC5)cc4CCC3=O)cc2cn1. The first-order chi connectivity index (χ1) is 14.2. The fraction of sp³-hybridized carbons (Fsp3) is 0.333. The summed E-state index contributed by atoms with van der Waals surface area (Å²) >= 11 is 0. The molecule has 1 saturated heterocycles. The number of nitrogens with zero attached hydrogens (tertiary/aromatic N) is 3. The summed E-state index contributed by atoms with van der Waals surface area (Å²) in [5, 5.41) is 3.46. The Hall–Kier alpha value is -2.92. The van der Waals surface area contributed by atoms with Crippen LogP contribution in [0.2, 0.25) is 0 Å². The van der Waals surface area contributed by atoms with Crippen LogP contribution in [0.4, 0.5) is 5.69 Å². The number of aryl methyl sites for hydroxylation is 2. The molecule has 0 atom stereocenters. The number of Topliss-reactive ketones (excluding diaryl/α,β-unsaturated/α-hetero) is 1. The lowest BCUT2D eigenvalue weighted by Gasteiger charge is -2.23. The summed E-state index contributed by atoms with van der Waals surface area (Å²) in [6.07, 6.45) is 10.5. The third-order valence-electron chi connectivity index (χ3n) is 5.97. The van der Waals surface area contributed by atoms with E-state index in [0.29, 0.717) is 6.42 Å². The Balaban J connectivity index is 1.51. The predicted molar refractivity (Wildman–Crippen MR) is 117 cm³/mol. The van der Waals surface area contributed by atoms with Crippen LogP contribution in [0, 0.1) is 6.92 Å². The summed E-state index contributed by atoms with van der Waals surface area (Å²) in [7, 11) is 0. The van der Waals surface area contributed by atoms with E-state index >= 15 is 0 Å². The average Bonchev–Trinajstić information content (AvgIpc) is 2.88. The molecule has 1 fully saturated rings. The largest absolute Gasteiger partial charge is 0.370 e. The van der Waals surface area contributed by atoms with Gasteiger partial charge in [-0.05, 0) is 61.7 Å². The number of benzene rings is 1. The molecule has 3 aromatic rings. The van der Waals surface area contributed by atoms with E-state index in [-0.39, 0.29) is 5.78 Å². The number of hydrogen-bond acceptors (Lipinski definition) is 4. The number of ketones is 1. The Bertz CT molecular complexity index is 1100. The van der Waals surface area contributed by atoms with Crippen LogP contribution >= 0.6 is 0 Å². The quantitative estimate of drug-likeness (QED) is 0.732. The van der Waals surface area contributed by atoms with Gasteiger partial charge in [0.1, 0.15) is 0 Å². The number of carbonyl (C=O) groups is 1. The molecule has 5 heteroatoms. The maximum atomic E-state index is 12.9. The van der Waals surface area contributed by atoms with Crippen LogP contribution in [0.3, 0.4) is 0 Å². The van der Waals surface area contributed by atoms with Crippen molar-refractivity contribution in [3.05, 3.63) is 65.2 Å². The molecular formula is C24H26N4O. The van der Waals surface area contributed by atoms with Gasteiger partial charge in [-0.1, -0.05) is 6.07 Å². The molecule has 1 N–H and O–H groups in total. The van der Waals surface area contributed by atoms with Gasteiger partial charge in [-0.3, -0.25) is 9.78 Å². The van der Waals surface area contributed by atoms with Crippen LogP contribution in [0.15, 0.2) is 42.9 Å². The number of nitrogens with one attached hydrogen (secondary N) is 1. The molecule has 5 nitrogen and oxygen atoms in total. The van der Waals surface area contributed by atoms with Gasteiger partial charge >= 0.3 is 0 Å². The van der Waals surface area contributed by atoms with Crippen molar-refractivity contribution in [2.45, 2.75) is 26.2 Å². The molecule has 1 aromatic carbocycles. The summed E-state index contributed by atoms with van der Waals surface area (Å²) in [6, 6.07) is 8.73. The maximum Gasteiger partial charge on any atom is 0.163 e. The molecule has 0 unspecified atom stereocenters. The van der Waals surface area contributed by atoms with Crippen LogP contribution in [0.1, 0.15) is 35.2 Å². The van der Waals surface area contributed by atoms with Crippen molar-refractivity contribution in [3.8, 4) is 0 Å². The van der Waals surface area contributed by atoms with Crippen LogP contribution in [-0.2, 0) is 11.2 Å². The first-order valence-corrected chi connectivity index (χ1v) is 10.5. The highest BCUT2D eigenvalue weighted by Crippen LogP contribution is 2.31. The van der Waals surface area contributed by atoms with Crippen molar-refractivity contribution in [2.24, 2.45) is 0 Å². The van der Waals surface area contributed by atoms with Gasteiger partial charge in [0.2, 0.25) is 0 Å². The maximum absolute atomic E-state index is 12.9. The van der Waals surface area contributed by atoms with Gasteiger partial charge in [0.25, 0.3) is 0 Å². The van der Waals surface area contributed by atoms with E-state index in [1.54, 1.807) is 0 Å². The smallest absolute Gasteiger partial charge is 0.163 e. The first-order valence-electron chi connectivity index (χ1n) is 10.5. The van der Waals surface area contributed by atoms with Crippen LogP contribution in [0.25, 0.3) is 17.2 Å². The normalized spacial score (nSPS) is 17.6. The van der Waals surface area contributed by atoms with Gasteiger partial charge in [0, 0.05) is 55.3 Å². The molecule has 0 amide bonds. The van der Waals surface area contributed by atoms with E-state index in [1.165, 1.54) is 11.3 Å². The van der Waals surface area contributed by atoms with E-state index in [0.717, 1.165) is 66.9 Å². The lowest BCUT2D eigenvalue weighted by molar-refractivity contribution is -0.113. The van der Waals surface area contributed by atoms with E-state index in [2.05, 4.69) is 45.5 Å². The standard InChI is InChI=1S/C24H26N4O/c1-17-15-28-16-20(12-22(28)14-26-17)23-13-19-3-5-21(11-18(19)4-6-24(23)29)27-9-2-7-25-8-10-27/h3,5,11-16,25H,2,4,6-10H2,1H3. The topological polar surface area (TPSA) is 49.6 Å². The van der Waals surface area contributed by atoms with Gasteiger partial charge < -0.3 is 14.6 Å². The zero-order chi connectivity index (χ0) is 19.8. The number of allylic oxidation sites excluding steroid dienone is 1. The van der Waals surface area contributed by atoms with Gasteiger partial charge in [-0.15, -0.1) is 0 Å². The van der Waals surface area contributed by atoms with Gasteiger partial charge in [-0.25, -0.2) is 0 Å². The van der Waals surface area contributed by atoms with E-state index in [4.69, 9.17) is 0 Å². The van der Waals surface area contributed by atoms with Crippen molar-refractivity contribution in [2.75, 3.05) is 31.1 Å². The summed E-state index contributed by atoms with van der Waals surface area (Å²) in [5.74, 6) is 0.210. The Morgan fingerprint density at radius 2 is 2.00 bits per heavy atom. The molecule has 0 radical (unpaired) electrons. The second kappa shape index (κ2) is 7.48. The molecule has 0 saturated carbocycles. The molecule has 0 bridgehead atoms. The molecule has 5 rings (SSSR count). The van der Waals surface area contributed by atoms with Crippen LogP contribution < -0.4 is 10.2 Å². The van der Waals surface area contributed by atoms with E-state index < -0.39 is 0 Å². The highest BCUT2D eigenvalue weighted by Gasteiger charge is 2.20. The summed E-state index contributed by atoms with van der Waals surface area (Å²) in [4.78, 5) is 19.8. The Morgan fingerprint density at radius 3 is 2.93 bits per heavy atom. The Kier molecular flexibility index (Phi) is 4.68. The fourth-order valence-electron chi connectivity index (χ4n) is 4.37. The zero-order valence-electron chi connectivity index (χ0n) is 16.8. The lowest BCUT2D eigenvalue weighted by atomic mass is 10.0. The third-order valence-corrected chi connectivity index (χ3v) is 5.97. The van der Waals surface area contributed by atoms with Gasteiger partial charge in [0.05, 0.1) is 17.4 Å². The lowest BCUT2D eigenvalue weighted by Crippen LogP contribution is -2.27. The zero-order valence-corrected chi connectivity index (χ0v) is 16.8. The molecule has 1 aliphatic carbocycles. The van der Waals surface area contributed by atoms with Crippen molar-refractivity contribution in [1.29, 1.82) is 0 Å².